The Hall–Kier alpha value is -3.48. The Morgan fingerprint density at radius 3 is 2.38 bits per heavy atom. The normalized spacial score (nSPS) is 20.4. The van der Waals surface area contributed by atoms with Crippen molar-refractivity contribution in [1.82, 2.24) is 14.8 Å². The average Bonchev–Trinajstić information content (AvgIpc) is 3.49. The van der Waals surface area contributed by atoms with Gasteiger partial charge in [-0.2, -0.15) is 0 Å². The quantitative estimate of drug-likeness (QED) is 0.599. The van der Waals surface area contributed by atoms with Crippen LogP contribution in [0.2, 0.25) is 0 Å². The van der Waals surface area contributed by atoms with Crippen molar-refractivity contribution in [2.24, 2.45) is 0 Å². The lowest BCUT2D eigenvalue weighted by atomic mass is 9.93. The highest BCUT2D eigenvalue weighted by Gasteiger charge is 2.48. The Morgan fingerprint density at radius 1 is 1.03 bits per heavy atom. The van der Waals surface area contributed by atoms with Crippen LogP contribution in [-0.2, 0) is 17.9 Å². The molecular formula is C27H31N3O4. The number of hydrogen-bond acceptors (Lipinski definition) is 4. The number of aromatic nitrogens is 1. The molecule has 1 aliphatic carbocycles. The van der Waals surface area contributed by atoms with E-state index < -0.39 is 5.54 Å². The molecule has 2 aromatic carbocycles. The predicted octanol–water partition coefficient (Wildman–Crippen LogP) is 4.13. The zero-order chi connectivity index (χ0) is 23.9. The van der Waals surface area contributed by atoms with Gasteiger partial charge in [0.1, 0.15) is 22.7 Å². The van der Waals surface area contributed by atoms with Crippen molar-refractivity contribution in [2.75, 3.05) is 14.2 Å². The van der Waals surface area contributed by atoms with Crippen molar-refractivity contribution < 1.29 is 19.1 Å². The second kappa shape index (κ2) is 8.70. The highest BCUT2D eigenvalue weighted by molar-refractivity contribution is 6.03. The van der Waals surface area contributed by atoms with Crippen molar-refractivity contribution in [3.05, 3.63) is 59.8 Å². The van der Waals surface area contributed by atoms with Crippen LogP contribution in [0.5, 0.6) is 11.5 Å². The van der Waals surface area contributed by atoms with Crippen LogP contribution in [0.25, 0.3) is 10.9 Å². The summed E-state index contributed by atoms with van der Waals surface area (Å²) in [5, 5.41) is 4.20. The minimum Gasteiger partial charge on any atom is -0.497 e. The molecule has 1 saturated carbocycles. The molecule has 1 fully saturated rings. The summed E-state index contributed by atoms with van der Waals surface area (Å²) in [7, 11) is 3.25. The smallest absolute Gasteiger partial charge is 0.271 e. The second-order valence-corrected chi connectivity index (χ2v) is 9.51. The van der Waals surface area contributed by atoms with Gasteiger partial charge in [0.05, 0.1) is 26.3 Å². The summed E-state index contributed by atoms with van der Waals surface area (Å²) in [6.45, 7) is 2.59. The van der Waals surface area contributed by atoms with Crippen LogP contribution in [-0.4, -0.2) is 47.1 Å². The molecule has 5 rings (SSSR count). The number of benzene rings is 2. The first-order chi connectivity index (χ1) is 16.4. The zero-order valence-electron chi connectivity index (χ0n) is 20.0. The Balaban J connectivity index is 1.56. The van der Waals surface area contributed by atoms with Crippen LogP contribution in [0, 0.1) is 0 Å². The number of methoxy groups -OCH3 is 2. The molecule has 1 N–H and O–H groups in total. The van der Waals surface area contributed by atoms with E-state index in [0.29, 0.717) is 18.8 Å². The Kier molecular flexibility index (Phi) is 5.71. The summed E-state index contributed by atoms with van der Waals surface area (Å²) in [6, 6.07) is 15.5. The third-order valence-corrected chi connectivity index (χ3v) is 7.32. The average molecular weight is 462 g/mol. The van der Waals surface area contributed by atoms with Gasteiger partial charge in [0.2, 0.25) is 5.91 Å². The van der Waals surface area contributed by atoms with Gasteiger partial charge >= 0.3 is 0 Å². The first-order valence-corrected chi connectivity index (χ1v) is 11.9. The number of carbonyl (C=O) groups is 2. The molecule has 0 unspecified atom stereocenters. The molecule has 3 aromatic rings. The van der Waals surface area contributed by atoms with E-state index in [0.717, 1.165) is 53.6 Å². The van der Waals surface area contributed by atoms with Gasteiger partial charge in [-0.1, -0.05) is 25.0 Å². The van der Waals surface area contributed by atoms with E-state index in [1.165, 1.54) is 0 Å². The fraction of sp³-hybridized carbons (Fsp3) is 0.407. The summed E-state index contributed by atoms with van der Waals surface area (Å²) in [6.07, 6.45) is 4.23. The first-order valence-electron chi connectivity index (χ1n) is 11.9. The number of hydrogen-bond donors (Lipinski definition) is 1. The Bertz CT molecular complexity index is 1230. The Morgan fingerprint density at radius 2 is 1.71 bits per heavy atom. The maximum absolute atomic E-state index is 13.9. The number of ether oxygens (including phenoxy) is 2. The SMILES string of the molecule is COc1ccc(CN2C(=O)c3cc4ccc(OC)cc4n3C[C@@]2(C)C(=O)NC2CCCC2)cc1. The van der Waals surface area contributed by atoms with Crippen LogP contribution in [0.3, 0.4) is 0 Å². The van der Waals surface area contributed by atoms with Crippen LogP contribution < -0.4 is 14.8 Å². The molecule has 2 heterocycles. The molecule has 178 valence electrons. The van der Waals surface area contributed by atoms with Crippen LogP contribution >= 0.6 is 0 Å². The number of fused-ring (bicyclic) bond motifs is 3. The second-order valence-electron chi connectivity index (χ2n) is 9.51. The molecule has 0 bridgehead atoms. The summed E-state index contributed by atoms with van der Waals surface area (Å²) in [5.74, 6) is 1.22. The molecule has 34 heavy (non-hydrogen) atoms. The number of carbonyl (C=O) groups excluding carboxylic acids is 2. The lowest BCUT2D eigenvalue weighted by Gasteiger charge is -2.44. The maximum Gasteiger partial charge on any atom is 0.271 e. The largest absolute Gasteiger partial charge is 0.497 e. The number of nitrogens with zero attached hydrogens (tertiary/aromatic N) is 2. The first kappa shape index (κ1) is 22.3. The fourth-order valence-corrected chi connectivity index (χ4v) is 5.23. The molecule has 0 radical (unpaired) electrons. The van der Waals surface area contributed by atoms with E-state index in [1.807, 2.05) is 60.0 Å². The van der Waals surface area contributed by atoms with Gasteiger partial charge in [-0.25, -0.2) is 0 Å². The van der Waals surface area contributed by atoms with E-state index in [-0.39, 0.29) is 17.9 Å². The van der Waals surface area contributed by atoms with Crippen LogP contribution in [0.4, 0.5) is 0 Å². The number of nitrogens with one attached hydrogen (secondary N) is 1. The minimum atomic E-state index is -1.04. The third-order valence-electron chi connectivity index (χ3n) is 7.32. The summed E-state index contributed by atoms with van der Waals surface area (Å²) in [4.78, 5) is 29.4. The van der Waals surface area contributed by atoms with Crippen LogP contribution in [0.15, 0.2) is 48.5 Å². The molecule has 2 aliphatic rings. The third kappa shape index (κ3) is 3.79. The van der Waals surface area contributed by atoms with Crippen molar-refractivity contribution in [1.29, 1.82) is 0 Å². The molecule has 1 aromatic heterocycles. The van der Waals surface area contributed by atoms with Crippen molar-refractivity contribution in [3.8, 4) is 11.5 Å². The number of amides is 2. The van der Waals surface area contributed by atoms with Crippen LogP contribution in [0.1, 0.15) is 48.7 Å². The van der Waals surface area contributed by atoms with Gasteiger partial charge in [0.25, 0.3) is 5.91 Å². The van der Waals surface area contributed by atoms with Gasteiger partial charge in [-0.15, -0.1) is 0 Å². The van der Waals surface area contributed by atoms with E-state index in [1.54, 1.807) is 19.1 Å². The van der Waals surface area contributed by atoms with Crippen molar-refractivity contribution >= 4 is 22.7 Å². The number of rotatable bonds is 6. The van der Waals surface area contributed by atoms with E-state index >= 15 is 0 Å². The molecule has 0 saturated heterocycles. The van der Waals surface area contributed by atoms with E-state index in [4.69, 9.17) is 9.47 Å². The highest BCUT2D eigenvalue weighted by Crippen LogP contribution is 2.35. The predicted molar refractivity (Wildman–Crippen MR) is 130 cm³/mol. The van der Waals surface area contributed by atoms with Gasteiger partial charge in [-0.3, -0.25) is 9.59 Å². The molecule has 1 atom stereocenters. The lowest BCUT2D eigenvalue weighted by molar-refractivity contribution is -0.133. The lowest BCUT2D eigenvalue weighted by Crippen LogP contribution is -2.64. The van der Waals surface area contributed by atoms with Gasteiger partial charge in [0, 0.05) is 24.0 Å². The monoisotopic (exact) mass is 461 g/mol. The highest BCUT2D eigenvalue weighted by atomic mass is 16.5. The summed E-state index contributed by atoms with van der Waals surface area (Å²) >= 11 is 0. The summed E-state index contributed by atoms with van der Waals surface area (Å²) in [5.41, 5.74) is 1.39. The fourth-order valence-electron chi connectivity index (χ4n) is 5.23. The molecule has 0 spiro atoms. The summed E-state index contributed by atoms with van der Waals surface area (Å²) < 4.78 is 12.7. The molecule has 1 aliphatic heterocycles. The Labute approximate surface area is 199 Å². The molecule has 2 amide bonds. The van der Waals surface area contributed by atoms with Gasteiger partial charge < -0.3 is 24.3 Å². The van der Waals surface area contributed by atoms with E-state index in [9.17, 15) is 9.59 Å². The molecule has 7 heteroatoms. The van der Waals surface area contributed by atoms with Gasteiger partial charge in [0.15, 0.2) is 0 Å². The topological polar surface area (TPSA) is 72.8 Å². The van der Waals surface area contributed by atoms with Crippen molar-refractivity contribution in [2.45, 2.75) is 57.3 Å². The molecule has 7 nitrogen and oxygen atoms in total. The van der Waals surface area contributed by atoms with Gasteiger partial charge in [-0.05, 0) is 55.7 Å². The van der Waals surface area contributed by atoms with E-state index in [2.05, 4.69) is 5.32 Å². The molecular weight excluding hydrogens is 430 g/mol. The minimum absolute atomic E-state index is 0.100. The maximum atomic E-state index is 13.9. The standard InChI is InChI=1S/C27H31N3O4/c1-27(26(32)28-20-6-4-5-7-20)17-29-23-15-22(34-3)13-10-19(23)14-24(29)25(31)30(27)16-18-8-11-21(33-2)12-9-18/h8-15,20H,4-7,16-17H2,1-3H3,(H,28,32)/t27-/m0/s1. The van der Waals surface area contributed by atoms with Crippen molar-refractivity contribution in [3.63, 3.8) is 0 Å². The zero-order valence-corrected chi connectivity index (χ0v) is 20.0.